The Bertz CT molecular complexity index is 719. The molecule has 1 amide bonds. The zero-order chi connectivity index (χ0) is 17.2. The lowest BCUT2D eigenvalue weighted by Gasteiger charge is -2.35. The van der Waals surface area contributed by atoms with Gasteiger partial charge >= 0.3 is 0 Å². The van der Waals surface area contributed by atoms with E-state index in [9.17, 15) is 4.79 Å². The summed E-state index contributed by atoms with van der Waals surface area (Å²) in [5.41, 5.74) is 1.15. The Morgan fingerprint density at radius 3 is 2.92 bits per heavy atom. The number of carbonyl (C=O) groups excluding carboxylic acids is 1. The van der Waals surface area contributed by atoms with Crippen molar-refractivity contribution in [3.63, 3.8) is 0 Å². The number of fused-ring (bicyclic) bond motifs is 1. The lowest BCUT2D eigenvalue weighted by atomic mass is 10.1. The fourth-order valence-corrected chi connectivity index (χ4v) is 3.80. The van der Waals surface area contributed by atoms with Crippen LogP contribution in [0.4, 0.5) is 0 Å². The molecule has 7 heteroatoms. The van der Waals surface area contributed by atoms with Gasteiger partial charge in [-0.05, 0) is 30.2 Å². The van der Waals surface area contributed by atoms with Gasteiger partial charge in [0, 0.05) is 42.6 Å². The van der Waals surface area contributed by atoms with Gasteiger partial charge in [-0.15, -0.1) is 0 Å². The smallest absolute Gasteiger partial charge is 0.241 e. The van der Waals surface area contributed by atoms with Crippen molar-refractivity contribution in [1.29, 1.82) is 0 Å². The molecule has 0 unspecified atom stereocenters. The van der Waals surface area contributed by atoms with E-state index in [1.54, 1.807) is 17.1 Å². The number of ether oxygens (including phenoxy) is 1. The normalized spacial score (nSPS) is 26.4. The van der Waals surface area contributed by atoms with Crippen LogP contribution in [-0.4, -0.2) is 52.4 Å². The Morgan fingerprint density at radius 1 is 1.32 bits per heavy atom. The predicted octanol–water partition coefficient (Wildman–Crippen LogP) is 1.87. The van der Waals surface area contributed by atoms with Crippen molar-refractivity contribution in [2.24, 2.45) is 0 Å². The lowest BCUT2D eigenvalue weighted by molar-refractivity contribution is -0.122. The number of benzene rings is 1. The van der Waals surface area contributed by atoms with Gasteiger partial charge in [0.1, 0.15) is 6.54 Å². The molecule has 1 aromatic carbocycles. The van der Waals surface area contributed by atoms with Crippen molar-refractivity contribution in [3.8, 4) is 0 Å². The van der Waals surface area contributed by atoms with E-state index < -0.39 is 0 Å². The number of morpholine rings is 1. The van der Waals surface area contributed by atoms with Crippen molar-refractivity contribution in [2.45, 2.75) is 31.2 Å². The van der Waals surface area contributed by atoms with E-state index in [1.165, 1.54) is 0 Å². The summed E-state index contributed by atoms with van der Waals surface area (Å²) in [5.74, 6) is 0.00344. The highest BCUT2D eigenvalue weighted by molar-refractivity contribution is 6.30. The third kappa shape index (κ3) is 3.86. The summed E-state index contributed by atoms with van der Waals surface area (Å²) in [7, 11) is 0. The Morgan fingerprint density at radius 2 is 2.16 bits per heavy atom. The number of hydrogen-bond donors (Lipinski definition) is 1. The summed E-state index contributed by atoms with van der Waals surface area (Å²) in [6, 6.07) is 10.2. The number of aromatic nitrogens is 2. The first kappa shape index (κ1) is 16.6. The first-order chi connectivity index (χ1) is 12.2. The quantitative estimate of drug-likeness (QED) is 0.904. The molecule has 4 rings (SSSR count). The van der Waals surface area contributed by atoms with E-state index in [-0.39, 0.29) is 24.6 Å². The van der Waals surface area contributed by atoms with Gasteiger partial charge in [-0.3, -0.25) is 14.4 Å². The fraction of sp³-hybridized carbons (Fsp3) is 0.444. The van der Waals surface area contributed by atoms with Gasteiger partial charge in [-0.1, -0.05) is 23.7 Å². The summed E-state index contributed by atoms with van der Waals surface area (Å²) >= 11 is 5.96. The Balaban J connectivity index is 1.32. The highest BCUT2D eigenvalue weighted by Gasteiger charge is 2.38. The molecular weight excluding hydrogens is 340 g/mol. The number of halogens is 1. The Kier molecular flexibility index (Phi) is 4.74. The van der Waals surface area contributed by atoms with Gasteiger partial charge in [0.25, 0.3) is 0 Å². The summed E-state index contributed by atoms with van der Waals surface area (Å²) < 4.78 is 7.68. The lowest BCUT2D eigenvalue weighted by Crippen LogP contribution is -2.43. The average Bonchev–Trinajstić information content (AvgIpc) is 3.23. The second kappa shape index (κ2) is 7.15. The largest absolute Gasteiger partial charge is 0.371 e. The SMILES string of the molecule is O=C(Cn1cccn1)N[C@H]1C[C@H]2CO[C@@H](c3ccc(Cl)cc3)CN2C1. The van der Waals surface area contributed by atoms with E-state index >= 15 is 0 Å². The van der Waals surface area contributed by atoms with Crippen LogP contribution >= 0.6 is 11.6 Å². The minimum Gasteiger partial charge on any atom is -0.371 e. The number of hydrogen-bond acceptors (Lipinski definition) is 4. The molecule has 132 valence electrons. The van der Waals surface area contributed by atoms with Crippen LogP contribution in [0.25, 0.3) is 0 Å². The molecule has 2 aliphatic rings. The third-order valence-electron chi connectivity index (χ3n) is 4.89. The molecule has 3 atom stereocenters. The molecule has 2 saturated heterocycles. The van der Waals surface area contributed by atoms with Crippen molar-refractivity contribution >= 4 is 17.5 Å². The predicted molar refractivity (Wildman–Crippen MR) is 94.3 cm³/mol. The standard InChI is InChI=1S/C18H21ClN4O2/c19-14-4-2-13(3-5-14)17-10-22-9-15(8-16(22)12-25-17)21-18(24)11-23-7-1-6-20-23/h1-7,15-17H,8-12H2,(H,21,24)/t15-,16-,17+/m0/s1. The molecule has 1 aromatic heterocycles. The number of carbonyl (C=O) groups is 1. The number of rotatable bonds is 4. The van der Waals surface area contributed by atoms with Gasteiger partial charge in [-0.25, -0.2) is 0 Å². The number of nitrogens with one attached hydrogen (secondary N) is 1. The van der Waals surface area contributed by atoms with Gasteiger partial charge in [0.2, 0.25) is 5.91 Å². The summed E-state index contributed by atoms with van der Waals surface area (Å²) in [6.07, 6.45) is 4.46. The second-order valence-electron chi connectivity index (χ2n) is 6.69. The van der Waals surface area contributed by atoms with E-state index in [0.29, 0.717) is 12.6 Å². The van der Waals surface area contributed by atoms with Crippen LogP contribution in [0.15, 0.2) is 42.7 Å². The van der Waals surface area contributed by atoms with Crippen LogP contribution in [0.2, 0.25) is 5.02 Å². The highest BCUT2D eigenvalue weighted by atomic mass is 35.5. The van der Waals surface area contributed by atoms with Crippen LogP contribution < -0.4 is 5.32 Å². The first-order valence-electron chi connectivity index (χ1n) is 8.55. The summed E-state index contributed by atoms with van der Waals surface area (Å²) in [5, 5.41) is 7.92. The van der Waals surface area contributed by atoms with Crippen LogP contribution in [-0.2, 0) is 16.1 Å². The molecular formula is C18H21ClN4O2. The van der Waals surface area contributed by atoms with E-state index in [4.69, 9.17) is 16.3 Å². The number of nitrogens with zero attached hydrogens (tertiary/aromatic N) is 3. The fourth-order valence-electron chi connectivity index (χ4n) is 3.67. The molecule has 2 aliphatic heterocycles. The molecule has 3 heterocycles. The topological polar surface area (TPSA) is 59.4 Å². The van der Waals surface area contributed by atoms with Crippen LogP contribution in [0.1, 0.15) is 18.1 Å². The molecule has 0 radical (unpaired) electrons. The van der Waals surface area contributed by atoms with Crippen LogP contribution in [0, 0.1) is 0 Å². The summed E-state index contributed by atoms with van der Waals surface area (Å²) in [6.45, 7) is 2.66. The molecule has 2 fully saturated rings. The van der Waals surface area contributed by atoms with Crippen molar-refractivity contribution < 1.29 is 9.53 Å². The molecule has 1 N–H and O–H groups in total. The van der Waals surface area contributed by atoms with Crippen LogP contribution in [0.3, 0.4) is 0 Å². The van der Waals surface area contributed by atoms with E-state index in [2.05, 4.69) is 15.3 Å². The van der Waals surface area contributed by atoms with Gasteiger partial charge in [0.05, 0.1) is 12.7 Å². The molecule has 0 bridgehead atoms. The molecule has 25 heavy (non-hydrogen) atoms. The molecule has 0 saturated carbocycles. The Labute approximate surface area is 151 Å². The maximum Gasteiger partial charge on any atom is 0.241 e. The van der Waals surface area contributed by atoms with Gasteiger partial charge in [0.15, 0.2) is 0 Å². The maximum atomic E-state index is 12.2. The van der Waals surface area contributed by atoms with Gasteiger partial charge in [-0.2, -0.15) is 5.10 Å². The maximum absolute atomic E-state index is 12.2. The third-order valence-corrected chi connectivity index (χ3v) is 5.14. The van der Waals surface area contributed by atoms with Crippen molar-refractivity contribution in [1.82, 2.24) is 20.0 Å². The summed E-state index contributed by atoms with van der Waals surface area (Å²) in [4.78, 5) is 14.6. The Hall–Kier alpha value is -1.89. The highest BCUT2D eigenvalue weighted by Crippen LogP contribution is 2.30. The first-order valence-corrected chi connectivity index (χ1v) is 8.93. The van der Waals surface area contributed by atoms with E-state index in [1.807, 2.05) is 30.3 Å². The monoisotopic (exact) mass is 360 g/mol. The zero-order valence-electron chi connectivity index (χ0n) is 13.8. The molecule has 0 spiro atoms. The van der Waals surface area contributed by atoms with Gasteiger partial charge < -0.3 is 10.1 Å². The van der Waals surface area contributed by atoms with E-state index in [0.717, 1.165) is 30.1 Å². The average molecular weight is 361 g/mol. The molecule has 0 aliphatic carbocycles. The minimum absolute atomic E-state index is 0.00344. The van der Waals surface area contributed by atoms with Crippen molar-refractivity contribution in [2.75, 3.05) is 19.7 Å². The minimum atomic E-state index is 0.00344. The molecule has 2 aromatic rings. The molecule has 6 nitrogen and oxygen atoms in total. The second-order valence-corrected chi connectivity index (χ2v) is 7.12. The number of amides is 1. The zero-order valence-corrected chi connectivity index (χ0v) is 14.6. The van der Waals surface area contributed by atoms with Crippen molar-refractivity contribution in [3.05, 3.63) is 53.3 Å². The van der Waals surface area contributed by atoms with Crippen LogP contribution in [0.5, 0.6) is 0 Å².